The SMILES string of the molecule is O=C(N1CCN(c2ccc(S(=O)(=O)Nc3ncns3)cc2)CC1)C(F)(F)F. The third-order valence-electron chi connectivity index (χ3n) is 3.90. The number of carbonyl (C=O) groups is 1. The van der Waals surface area contributed by atoms with Gasteiger partial charge in [-0.2, -0.15) is 17.5 Å². The number of alkyl halides is 3. The highest BCUT2D eigenvalue weighted by Gasteiger charge is 2.43. The van der Waals surface area contributed by atoms with Crippen molar-refractivity contribution in [3.8, 4) is 0 Å². The molecule has 0 radical (unpaired) electrons. The standard InChI is InChI=1S/C14H14F3N5O3S2/c15-14(16,17)12(23)22-7-5-21(6-8-22)10-1-3-11(4-2-10)27(24,25)20-13-18-9-19-26-13/h1-4,9H,5-8H2,(H,18,19,20). The predicted molar refractivity (Wildman–Crippen MR) is 92.0 cm³/mol. The normalized spacial score (nSPS) is 15.7. The average molecular weight is 421 g/mol. The number of rotatable bonds is 4. The zero-order valence-electron chi connectivity index (χ0n) is 13.7. The fraction of sp³-hybridized carbons (Fsp3) is 0.357. The van der Waals surface area contributed by atoms with Gasteiger partial charge in [-0.05, 0) is 24.3 Å². The summed E-state index contributed by atoms with van der Waals surface area (Å²) in [5, 5.41) is 0.143. The molecule has 1 saturated heterocycles. The van der Waals surface area contributed by atoms with Crippen molar-refractivity contribution in [3.63, 3.8) is 0 Å². The molecule has 1 fully saturated rings. The largest absolute Gasteiger partial charge is 0.471 e. The third-order valence-corrected chi connectivity index (χ3v) is 5.97. The molecule has 3 rings (SSSR count). The Morgan fingerprint density at radius 2 is 1.74 bits per heavy atom. The number of anilines is 2. The first-order valence-corrected chi connectivity index (χ1v) is 9.93. The van der Waals surface area contributed by atoms with Gasteiger partial charge in [0.1, 0.15) is 6.33 Å². The van der Waals surface area contributed by atoms with Crippen LogP contribution in [0.4, 0.5) is 24.0 Å². The minimum atomic E-state index is -4.88. The summed E-state index contributed by atoms with van der Waals surface area (Å²) in [6.45, 7) is 0.321. The minimum Gasteiger partial charge on any atom is -0.368 e. The van der Waals surface area contributed by atoms with E-state index < -0.39 is 22.1 Å². The van der Waals surface area contributed by atoms with Gasteiger partial charge in [0.2, 0.25) is 5.13 Å². The van der Waals surface area contributed by atoms with Crippen LogP contribution in [0.2, 0.25) is 0 Å². The lowest BCUT2D eigenvalue weighted by molar-refractivity contribution is -0.185. The lowest BCUT2D eigenvalue weighted by Gasteiger charge is -2.36. The molecule has 2 aromatic rings. The van der Waals surface area contributed by atoms with Crippen molar-refractivity contribution in [2.45, 2.75) is 11.1 Å². The number of halogens is 3. The Morgan fingerprint density at radius 3 is 2.26 bits per heavy atom. The maximum Gasteiger partial charge on any atom is 0.471 e. The Bertz CT molecular complexity index is 893. The molecule has 8 nitrogen and oxygen atoms in total. The smallest absolute Gasteiger partial charge is 0.368 e. The van der Waals surface area contributed by atoms with E-state index in [1.165, 1.54) is 18.5 Å². The monoisotopic (exact) mass is 421 g/mol. The molecule has 2 heterocycles. The average Bonchev–Trinajstić information content (AvgIpc) is 3.13. The van der Waals surface area contributed by atoms with E-state index in [4.69, 9.17) is 0 Å². The molecule has 1 amide bonds. The van der Waals surface area contributed by atoms with E-state index in [1.54, 1.807) is 17.0 Å². The molecule has 27 heavy (non-hydrogen) atoms. The van der Waals surface area contributed by atoms with Crippen LogP contribution in [0.25, 0.3) is 0 Å². The summed E-state index contributed by atoms with van der Waals surface area (Å²) in [5.41, 5.74) is 0.656. The lowest BCUT2D eigenvalue weighted by atomic mass is 10.2. The van der Waals surface area contributed by atoms with Gasteiger partial charge in [0.05, 0.1) is 4.90 Å². The van der Waals surface area contributed by atoms with E-state index in [1.807, 2.05) is 0 Å². The van der Waals surface area contributed by atoms with Crippen molar-refractivity contribution >= 4 is 38.3 Å². The molecule has 146 valence electrons. The molecule has 13 heteroatoms. The van der Waals surface area contributed by atoms with Crippen molar-refractivity contribution in [2.75, 3.05) is 35.8 Å². The topological polar surface area (TPSA) is 95.5 Å². The quantitative estimate of drug-likeness (QED) is 0.805. The van der Waals surface area contributed by atoms with Crippen LogP contribution in [-0.4, -0.2) is 60.9 Å². The second-order valence-corrected chi connectivity index (χ2v) is 8.09. The van der Waals surface area contributed by atoms with Gasteiger partial charge in [-0.25, -0.2) is 13.4 Å². The number of piperazine rings is 1. The first-order chi connectivity index (χ1) is 12.7. The molecular weight excluding hydrogens is 407 g/mol. The number of carbonyl (C=O) groups excluding carboxylic acids is 1. The molecule has 0 aliphatic carbocycles. The third kappa shape index (κ3) is 4.47. The molecule has 0 atom stereocenters. The molecule has 1 aromatic heterocycles. The first-order valence-electron chi connectivity index (χ1n) is 7.67. The maximum atomic E-state index is 12.5. The molecule has 0 unspecified atom stereocenters. The summed E-state index contributed by atoms with van der Waals surface area (Å²) >= 11 is 0.903. The number of sulfonamides is 1. The van der Waals surface area contributed by atoms with Crippen LogP contribution in [0.1, 0.15) is 0 Å². The molecule has 1 aliphatic heterocycles. The number of nitrogens with one attached hydrogen (secondary N) is 1. The van der Waals surface area contributed by atoms with Crippen molar-refractivity contribution < 1.29 is 26.4 Å². The van der Waals surface area contributed by atoms with Crippen LogP contribution < -0.4 is 9.62 Å². The van der Waals surface area contributed by atoms with Crippen LogP contribution in [0.5, 0.6) is 0 Å². The van der Waals surface area contributed by atoms with E-state index in [0.717, 1.165) is 16.4 Å². The van der Waals surface area contributed by atoms with Gasteiger partial charge in [0.15, 0.2) is 0 Å². The fourth-order valence-electron chi connectivity index (χ4n) is 2.58. The van der Waals surface area contributed by atoms with Gasteiger partial charge in [-0.3, -0.25) is 9.52 Å². The van der Waals surface area contributed by atoms with Crippen molar-refractivity contribution in [1.82, 2.24) is 14.3 Å². The van der Waals surface area contributed by atoms with E-state index in [-0.39, 0.29) is 36.2 Å². The van der Waals surface area contributed by atoms with Gasteiger partial charge >= 0.3 is 12.1 Å². The summed E-state index contributed by atoms with van der Waals surface area (Å²) in [7, 11) is -3.81. The number of hydrogen-bond acceptors (Lipinski definition) is 7. The molecule has 0 bridgehead atoms. The zero-order valence-corrected chi connectivity index (χ0v) is 15.3. The highest BCUT2D eigenvalue weighted by atomic mass is 32.2. The minimum absolute atomic E-state index is 0.0207. The second-order valence-electron chi connectivity index (χ2n) is 5.62. The van der Waals surface area contributed by atoms with Crippen molar-refractivity contribution in [1.29, 1.82) is 0 Å². The van der Waals surface area contributed by atoms with Crippen LogP contribution in [-0.2, 0) is 14.8 Å². The van der Waals surface area contributed by atoms with Gasteiger partial charge in [-0.1, -0.05) is 0 Å². The number of nitrogens with zero attached hydrogens (tertiary/aromatic N) is 4. The Morgan fingerprint density at radius 1 is 1.11 bits per heavy atom. The Labute approximate surface area is 156 Å². The molecule has 1 N–H and O–H groups in total. The molecule has 0 spiro atoms. The Balaban J connectivity index is 1.64. The van der Waals surface area contributed by atoms with E-state index in [0.29, 0.717) is 5.69 Å². The first kappa shape index (κ1) is 19.4. The van der Waals surface area contributed by atoms with Gasteiger partial charge in [0, 0.05) is 43.4 Å². The number of aromatic nitrogens is 2. The number of amides is 1. The molecule has 1 aliphatic rings. The van der Waals surface area contributed by atoms with Crippen LogP contribution in [0, 0.1) is 0 Å². The van der Waals surface area contributed by atoms with Gasteiger partial charge < -0.3 is 9.80 Å². The summed E-state index contributed by atoms with van der Waals surface area (Å²) < 4.78 is 67.9. The van der Waals surface area contributed by atoms with Crippen molar-refractivity contribution in [2.24, 2.45) is 0 Å². The number of hydrogen-bond donors (Lipinski definition) is 1. The number of benzene rings is 1. The maximum absolute atomic E-state index is 12.5. The zero-order chi connectivity index (χ0) is 19.7. The van der Waals surface area contributed by atoms with Crippen molar-refractivity contribution in [3.05, 3.63) is 30.6 Å². The predicted octanol–water partition coefficient (Wildman–Crippen LogP) is 1.55. The highest BCUT2D eigenvalue weighted by molar-refractivity contribution is 7.93. The second kappa shape index (κ2) is 7.31. The lowest BCUT2D eigenvalue weighted by Crippen LogP contribution is -2.52. The van der Waals surface area contributed by atoms with Crippen LogP contribution in [0.15, 0.2) is 35.5 Å². The highest BCUT2D eigenvalue weighted by Crippen LogP contribution is 2.23. The van der Waals surface area contributed by atoms with E-state index in [9.17, 15) is 26.4 Å². The molecular formula is C14H14F3N5O3S2. The summed E-state index contributed by atoms with van der Waals surface area (Å²) in [5.74, 6) is -1.84. The Hall–Kier alpha value is -2.41. The van der Waals surface area contributed by atoms with Gasteiger partial charge in [0.25, 0.3) is 10.0 Å². The Kier molecular flexibility index (Phi) is 5.24. The van der Waals surface area contributed by atoms with E-state index in [2.05, 4.69) is 14.1 Å². The fourth-order valence-corrected chi connectivity index (χ4v) is 4.24. The van der Waals surface area contributed by atoms with Crippen LogP contribution in [0.3, 0.4) is 0 Å². The van der Waals surface area contributed by atoms with Crippen LogP contribution >= 0.6 is 11.5 Å². The van der Waals surface area contributed by atoms with E-state index >= 15 is 0 Å². The van der Waals surface area contributed by atoms with Gasteiger partial charge in [-0.15, -0.1) is 0 Å². The summed E-state index contributed by atoms with van der Waals surface area (Å²) in [6.07, 6.45) is -3.65. The summed E-state index contributed by atoms with van der Waals surface area (Å²) in [6, 6.07) is 5.92. The molecule has 1 aromatic carbocycles. The summed E-state index contributed by atoms with van der Waals surface area (Å²) in [4.78, 5) is 17.6. The molecule has 0 saturated carbocycles.